The van der Waals surface area contributed by atoms with E-state index >= 15 is 0 Å². The van der Waals surface area contributed by atoms with Crippen molar-refractivity contribution in [2.75, 3.05) is 0 Å². The molecule has 0 aliphatic carbocycles. The minimum Gasteiger partial charge on any atom is -0.387 e. The van der Waals surface area contributed by atoms with Crippen molar-refractivity contribution in [1.82, 2.24) is 5.32 Å². The molecule has 0 aliphatic heterocycles. The van der Waals surface area contributed by atoms with Crippen LogP contribution >= 0.6 is 0 Å². The Balaban J connectivity index is 0. The molecule has 1 unspecified atom stereocenters. The van der Waals surface area contributed by atoms with Crippen LogP contribution in [0.15, 0.2) is 12.2 Å². The third-order valence-corrected chi connectivity index (χ3v) is 2.51. The van der Waals surface area contributed by atoms with Gasteiger partial charge in [-0.15, -0.1) is 5.57 Å². The molecule has 0 bridgehead atoms. The van der Waals surface area contributed by atoms with E-state index in [0.29, 0.717) is 0 Å². The molecule has 0 aromatic rings. The van der Waals surface area contributed by atoms with Crippen LogP contribution in [-0.4, -0.2) is 24.3 Å². The number of carbonyl (C=O) groups excluding carboxylic acids is 1. The molecular formula is C7H12KNO4S. The average Bonchev–Trinajstić information content (AvgIpc) is 1.96. The standard InChI is InChI=1S/C7H12NO4S.K/c1-4-6(13(10,11)12)8-7(9)5(2)3;/h6H,2-4H2,1H3,(H,8,9)(H,10,11,12);/q-1;+1. The Bertz CT molecular complexity index is 312. The first-order chi connectivity index (χ1) is 5.79. The molecule has 0 spiro atoms. The monoisotopic (exact) mass is 245 g/mol. The SMILES string of the molecule is C=C([CH2-])C(=O)NC(CC)S(=O)(=O)O.[K+]. The Labute approximate surface area is 127 Å². The summed E-state index contributed by atoms with van der Waals surface area (Å²) in [4.78, 5) is 10.9. The predicted octanol–water partition coefficient (Wildman–Crippen LogP) is -2.88. The summed E-state index contributed by atoms with van der Waals surface area (Å²) in [5.74, 6) is -0.690. The van der Waals surface area contributed by atoms with Crippen LogP contribution in [-0.2, 0) is 14.9 Å². The van der Waals surface area contributed by atoms with Crippen molar-refractivity contribution in [2.24, 2.45) is 0 Å². The second-order valence-corrected chi connectivity index (χ2v) is 4.09. The van der Waals surface area contributed by atoms with E-state index in [1.54, 1.807) is 0 Å². The van der Waals surface area contributed by atoms with Gasteiger partial charge in [-0.2, -0.15) is 21.9 Å². The van der Waals surface area contributed by atoms with Gasteiger partial charge in [-0.3, -0.25) is 4.55 Å². The summed E-state index contributed by atoms with van der Waals surface area (Å²) in [6, 6.07) is 0. The first kappa shape index (κ1) is 17.0. The van der Waals surface area contributed by atoms with Gasteiger partial charge >= 0.3 is 51.4 Å². The van der Waals surface area contributed by atoms with Crippen molar-refractivity contribution in [3.63, 3.8) is 0 Å². The normalized spacial score (nSPS) is 12.4. The molecule has 0 radical (unpaired) electrons. The van der Waals surface area contributed by atoms with E-state index in [9.17, 15) is 13.2 Å². The fraction of sp³-hybridized carbons (Fsp3) is 0.429. The van der Waals surface area contributed by atoms with Gasteiger partial charge in [0.15, 0.2) is 0 Å². The van der Waals surface area contributed by atoms with E-state index in [1.807, 2.05) is 0 Å². The summed E-state index contributed by atoms with van der Waals surface area (Å²) >= 11 is 0. The van der Waals surface area contributed by atoms with Gasteiger partial charge in [0.1, 0.15) is 11.3 Å². The second kappa shape index (κ2) is 6.99. The molecule has 7 heteroatoms. The third-order valence-electron chi connectivity index (χ3n) is 1.34. The zero-order valence-electron chi connectivity index (χ0n) is 8.28. The Morgan fingerprint density at radius 3 is 2.29 bits per heavy atom. The van der Waals surface area contributed by atoms with E-state index in [2.05, 4.69) is 18.8 Å². The van der Waals surface area contributed by atoms with Crippen molar-refractivity contribution < 1.29 is 69.1 Å². The van der Waals surface area contributed by atoms with Gasteiger partial charge in [0.2, 0.25) is 0 Å². The van der Waals surface area contributed by atoms with Crippen molar-refractivity contribution in [1.29, 1.82) is 0 Å². The number of rotatable bonds is 4. The number of carbonyl (C=O) groups is 1. The van der Waals surface area contributed by atoms with E-state index in [-0.39, 0.29) is 63.4 Å². The molecule has 14 heavy (non-hydrogen) atoms. The van der Waals surface area contributed by atoms with Crippen LogP contribution < -0.4 is 56.7 Å². The molecule has 0 rings (SSSR count). The quantitative estimate of drug-likeness (QED) is 0.241. The average molecular weight is 245 g/mol. The second-order valence-electron chi connectivity index (χ2n) is 2.49. The van der Waals surface area contributed by atoms with Gasteiger partial charge in [0.05, 0.1) is 0 Å². The summed E-state index contributed by atoms with van der Waals surface area (Å²) in [7, 11) is -4.24. The fourth-order valence-corrected chi connectivity index (χ4v) is 1.31. The predicted molar refractivity (Wildman–Crippen MR) is 48.3 cm³/mol. The maximum Gasteiger partial charge on any atom is 1.00 e. The van der Waals surface area contributed by atoms with Crippen molar-refractivity contribution in [2.45, 2.75) is 18.7 Å². The smallest absolute Gasteiger partial charge is 0.387 e. The van der Waals surface area contributed by atoms with Crippen LogP contribution in [0.2, 0.25) is 0 Å². The molecule has 0 heterocycles. The summed E-state index contributed by atoms with van der Waals surface area (Å²) in [6.45, 7) is 7.97. The van der Waals surface area contributed by atoms with Gasteiger partial charge < -0.3 is 10.1 Å². The Morgan fingerprint density at radius 2 is 2.07 bits per heavy atom. The molecule has 1 amide bonds. The Kier molecular flexibility index (Phi) is 8.51. The summed E-state index contributed by atoms with van der Waals surface area (Å²) in [5.41, 5.74) is -0.0536. The van der Waals surface area contributed by atoms with Crippen molar-refractivity contribution >= 4 is 16.0 Å². The van der Waals surface area contributed by atoms with Gasteiger partial charge in [-0.1, -0.05) is 6.92 Å². The van der Waals surface area contributed by atoms with Crippen LogP contribution in [0.25, 0.3) is 0 Å². The maximum atomic E-state index is 10.9. The Morgan fingerprint density at radius 1 is 1.64 bits per heavy atom. The summed E-state index contributed by atoms with van der Waals surface area (Å²) in [5, 5.41) is 0.774. The topological polar surface area (TPSA) is 83.5 Å². The molecule has 0 aliphatic rings. The fourth-order valence-electron chi connectivity index (χ4n) is 0.635. The number of nitrogens with one attached hydrogen (secondary N) is 1. The van der Waals surface area contributed by atoms with E-state index in [4.69, 9.17) is 4.55 Å². The van der Waals surface area contributed by atoms with Crippen molar-refractivity contribution in [3.05, 3.63) is 19.1 Å². The number of hydrogen-bond donors (Lipinski definition) is 2. The van der Waals surface area contributed by atoms with Crippen LogP contribution in [0.5, 0.6) is 0 Å². The van der Waals surface area contributed by atoms with Gasteiger partial charge in [-0.05, 0) is 6.42 Å². The summed E-state index contributed by atoms with van der Waals surface area (Å²) in [6.07, 6.45) is 0.0812. The molecule has 2 N–H and O–H groups in total. The van der Waals surface area contributed by atoms with Gasteiger partial charge in [-0.25, -0.2) is 0 Å². The molecule has 0 aromatic heterocycles. The van der Waals surface area contributed by atoms with Crippen LogP contribution in [0.3, 0.4) is 0 Å². The van der Waals surface area contributed by atoms with E-state index < -0.39 is 21.4 Å². The van der Waals surface area contributed by atoms with Gasteiger partial charge in [0.25, 0.3) is 10.1 Å². The van der Waals surface area contributed by atoms with Crippen LogP contribution in [0.4, 0.5) is 0 Å². The Hall–Kier alpha value is 0.626. The first-order valence-corrected chi connectivity index (χ1v) is 5.07. The molecule has 0 aromatic carbocycles. The third kappa shape index (κ3) is 6.17. The molecule has 0 saturated heterocycles. The van der Waals surface area contributed by atoms with Gasteiger partial charge in [0, 0.05) is 0 Å². The van der Waals surface area contributed by atoms with Crippen LogP contribution in [0.1, 0.15) is 13.3 Å². The zero-order chi connectivity index (χ0) is 10.6. The molecule has 1 atom stereocenters. The number of hydrogen-bond acceptors (Lipinski definition) is 3. The summed E-state index contributed by atoms with van der Waals surface area (Å²) < 4.78 is 29.8. The molecule has 5 nitrogen and oxygen atoms in total. The molecule has 0 fully saturated rings. The van der Waals surface area contributed by atoms with E-state index in [1.165, 1.54) is 6.92 Å². The minimum atomic E-state index is -4.24. The molecular weight excluding hydrogens is 233 g/mol. The maximum absolute atomic E-state index is 10.9. The minimum absolute atomic E-state index is 0. The zero-order valence-corrected chi connectivity index (χ0v) is 12.2. The largest absolute Gasteiger partial charge is 1.00 e. The van der Waals surface area contributed by atoms with E-state index in [0.717, 1.165) is 0 Å². The first-order valence-electron chi connectivity index (χ1n) is 3.57. The van der Waals surface area contributed by atoms with Crippen molar-refractivity contribution in [3.8, 4) is 0 Å². The number of amides is 1. The molecule has 76 valence electrons. The molecule has 0 saturated carbocycles. The van der Waals surface area contributed by atoms with Crippen LogP contribution in [0, 0.1) is 6.92 Å².